The van der Waals surface area contributed by atoms with Gasteiger partial charge in [-0.15, -0.1) is 0 Å². The van der Waals surface area contributed by atoms with Gasteiger partial charge in [-0.1, -0.05) is 0 Å². The van der Waals surface area contributed by atoms with Crippen LogP contribution >= 0.6 is 0 Å². The van der Waals surface area contributed by atoms with Crippen molar-refractivity contribution in [3.05, 3.63) is 72.8 Å². The van der Waals surface area contributed by atoms with Gasteiger partial charge in [-0.2, -0.15) is 0 Å². The molecule has 0 bridgehead atoms. The van der Waals surface area contributed by atoms with Crippen molar-refractivity contribution in [2.24, 2.45) is 0 Å². The summed E-state index contributed by atoms with van der Waals surface area (Å²) in [5.41, 5.74) is 0. The zero-order chi connectivity index (χ0) is 21.9. The molecule has 31 heavy (non-hydrogen) atoms. The molecule has 0 N–H and O–H groups in total. The molecule has 0 unspecified atom stereocenters. The van der Waals surface area contributed by atoms with Gasteiger partial charge in [0.05, 0.1) is 0 Å². The van der Waals surface area contributed by atoms with Gasteiger partial charge in [0.2, 0.25) is 0 Å². The second-order valence-electron chi connectivity index (χ2n) is 7.36. The van der Waals surface area contributed by atoms with E-state index in [4.69, 9.17) is 14.2 Å². The maximum atomic E-state index is 5.80. The van der Waals surface area contributed by atoms with Gasteiger partial charge >= 0.3 is 196 Å². The molecule has 0 amide bonds. The average molecular weight is 615 g/mol. The molecule has 0 saturated heterocycles. The molecule has 0 aliphatic carbocycles. The van der Waals surface area contributed by atoms with E-state index in [1.807, 2.05) is 0 Å². The summed E-state index contributed by atoms with van der Waals surface area (Å²) in [4.78, 5) is 0. The van der Waals surface area contributed by atoms with Crippen molar-refractivity contribution in [2.45, 2.75) is 40.0 Å². The van der Waals surface area contributed by atoms with Crippen LogP contribution in [0.15, 0.2) is 72.8 Å². The van der Waals surface area contributed by atoms with Crippen LogP contribution < -0.4 is 24.0 Å². The fourth-order valence-electron chi connectivity index (χ4n) is 3.18. The normalized spacial score (nSPS) is 10.8. The topological polar surface area (TPSA) is 27.7 Å². The molecule has 0 radical (unpaired) electrons. The fourth-order valence-corrected chi connectivity index (χ4v) is 11.9. The van der Waals surface area contributed by atoms with Crippen LogP contribution in [0.2, 0.25) is 0 Å². The Morgan fingerprint density at radius 2 is 0.710 bits per heavy atom. The summed E-state index contributed by atoms with van der Waals surface area (Å²) in [6, 6.07) is 26.2. The predicted molar refractivity (Wildman–Crippen MR) is 131 cm³/mol. The van der Waals surface area contributed by atoms with Crippen LogP contribution in [0.4, 0.5) is 0 Å². The number of hydrogen-bond acceptors (Lipinski definition) is 3. The average Bonchev–Trinajstić information content (AvgIpc) is 2.82. The van der Waals surface area contributed by atoms with Crippen LogP contribution in [0.25, 0.3) is 0 Å². The van der Waals surface area contributed by atoms with E-state index in [2.05, 4.69) is 93.6 Å². The summed E-state index contributed by atoms with van der Waals surface area (Å²) >= 11 is -2.43. The molecule has 0 aromatic heterocycles. The van der Waals surface area contributed by atoms with Crippen LogP contribution in [0.5, 0.6) is 17.2 Å². The maximum absolute atomic E-state index is 5.80. The van der Waals surface area contributed by atoms with Crippen LogP contribution in [-0.4, -0.2) is 41.6 Å². The molecule has 0 heterocycles. The Bertz CT molecular complexity index is 767. The van der Waals surface area contributed by atoms with E-state index in [1.54, 1.807) is 0 Å². The van der Waals surface area contributed by atoms with Crippen molar-refractivity contribution in [3.8, 4) is 17.2 Å². The Morgan fingerprint density at radius 1 is 0.452 bits per heavy atom. The first-order valence-electron chi connectivity index (χ1n) is 11.2. The molecule has 0 saturated carbocycles. The van der Waals surface area contributed by atoms with Gasteiger partial charge in [-0.3, -0.25) is 0 Å². The van der Waals surface area contributed by atoms with Gasteiger partial charge in [0.15, 0.2) is 0 Å². The van der Waals surface area contributed by atoms with Crippen molar-refractivity contribution in [1.82, 2.24) is 0 Å². The van der Waals surface area contributed by atoms with E-state index < -0.39 is 21.8 Å². The standard InChI is InChI=1S/3C9H11O.Bi/c3*1-2-8-10-9-6-4-3-5-7-9;/h3*4-7H,2,8H2,1H3;. The van der Waals surface area contributed by atoms with E-state index >= 15 is 0 Å². The second kappa shape index (κ2) is 12.7. The zero-order valence-corrected chi connectivity index (χ0v) is 22.3. The van der Waals surface area contributed by atoms with Crippen molar-refractivity contribution in [3.63, 3.8) is 0 Å². The van der Waals surface area contributed by atoms with E-state index in [0.717, 1.165) is 56.3 Å². The SMILES string of the molecule is CCCOc1cc[c]([Bi]([c]2ccc(OCCC)cc2)[c]2ccc(OCCC)cc2)cc1. The molecule has 0 spiro atoms. The third-order valence-corrected chi connectivity index (χ3v) is 14.2. The van der Waals surface area contributed by atoms with Gasteiger partial charge in [-0.25, -0.2) is 0 Å². The fraction of sp³-hybridized carbons (Fsp3) is 0.333. The third-order valence-electron chi connectivity index (χ3n) is 4.70. The first-order valence-corrected chi connectivity index (χ1v) is 16.5. The van der Waals surface area contributed by atoms with Crippen molar-refractivity contribution in [1.29, 1.82) is 0 Å². The molecule has 164 valence electrons. The molecule has 3 aromatic rings. The van der Waals surface area contributed by atoms with Crippen LogP contribution in [0.1, 0.15) is 40.0 Å². The quantitative estimate of drug-likeness (QED) is 0.280. The predicted octanol–water partition coefficient (Wildman–Crippen LogP) is 4.57. The van der Waals surface area contributed by atoms with Crippen molar-refractivity contribution in [2.75, 3.05) is 19.8 Å². The van der Waals surface area contributed by atoms with E-state index in [-0.39, 0.29) is 0 Å². The summed E-state index contributed by atoms with van der Waals surface area (Å²) < 4.78 is 21.7. The zero-order valence-electron chi connectivity index (χ0n) is 18.8. The Hall–Kier alpha value is -2.06. The molecule has 0 atom stereocenters. The molecule has 3 aromatic carbocycles. The Morgan fingerprint density at radius 3 is 0.935 bits per heavy atom. The number of hydrogen-bond donors (Lipinski definition) is 0. The molecule has 3 nitrogen and oxygen atoms in total. The summed E-state index contributed by atoms with van der Waals surface area (Å²) in [6.07, 6.45) is 3.05. The van der Waals surface area contributed by atoms with Gasteiger partial charge < -0.3 is 0 Å². The Labute approximate surface area is 195 Å². The second-order valence-corrected chi connectivity index (χ2v) is 16.0. The van der Waals surface area contributed by atoms with Crippen molar-refractivity contribution >= 4 is 31.6 Å². The number of rotatable bonds is 12. The van der Waals surface area contributed by atoms with Gasteiger partial charge in [0.1, 0.15) is 0 Å². The van der Waals surface area contributed by atoms with Crippen LogP contribution in [-0.2, 0) is 0 Å². The Balaban J connectivity index is 1.90. The van der Waals surface area contributed by atoms with Gasteiger partial charge in [0.25, 0.3) is 0 Å². The molecule has 0 aliphatic rings. The van der Waals surface area contributed by atoms with Gasteiger partial charge in [0, 0.05) is 0 Å². The molecule has 0 aliphatic heterocycles. The van der Waals surface area contributed by atoms with Crippen LogP contribution in [0.3, 0.4) is 0 Å². The number of benzene rings is 3. The Kier molecular flexibility index (Phi) is 9.68. The summed E-state index contributed by atoms with van der Waals surface area (Å²) in [7, 11) is 0. The molecule has 3 rings (SSSR count). The minimum absolute atomic E-state index is 0.754. The molecule has 0 fully saturated rings. The van der Waals surface area contributed by atoms with Crippen LogP contribution in [0, 0.1) is 0 Å². The molecule has 4 heteroatoms. The van der Waals surface area contributed by atoms with Crippen molar-refractivity contribution < 1.29 is 14.2 Å². The third kappa shape index (κ3) is 6.97. The monoisotopic (exact) mass is 614 g/mol. The number of ether oxygens (including phenoxy) is 3. The van der Waals surface area contributed by atoms with E-state index in [9.17, 15) is 0 Å². The molecular formula is C27H33BiO3. The van der Waals surface area contributed by atoms with Gasteiger partial charge in [-0.05, 0) is 0 Å². The molecular weight excluding hydrogens is 581 g/mol. The summed E-state index contributed by atoms with van der Waals surface area (Å²) in [6.45, 7) is 8.64. The minimum atomic E-state index is -2.43. The summed E-state index contributed by atoms with van der Waals surface area (Å²) in [5.74, 6) is 2.84. The van der Waals surface area contributed by atoms with E-state index in [0.29, 0.717) is 0 Å². The first kappa shape index (κ1) is 23.6. The van der Waals surface area contributed by atoms with E-state index in [1.165, 1.54) is 9.81 Å². The summed E-state index contributed by atoms with van der Waals surface area (Å²) in [5, 5.41) is 0. The first-order chi connectivity index (χ1) is 15.2.